The molecule has 1 unspecified atom stereocenters. The molecule has 1 heterocycles. The summed E-state index contributed by atoms with van der Waals surface area (Å²) in [5.41, 5.74) is 0.767. The van der Waals surface area contributed by atoms with Crippen LogP contribution in [-0.4, -0.2) is 65.6 Å². The van der Waals surface area contributed by atoms with Gasteiger partial charge in [0.1, 0.15) is 5.75 Å². The topological polar surface area (TPSA) is 114 Å². The summed E-state index contributed by atoms with van der Waals surface area (Å²) in [7, 11) is -0.768. The van der Waals surface area contributed by atoms with Gasteiger partial charge in [0, 0.05) is 44.1 Å². The second-order valence-corrected chi connectivity index (χ2v) is 9.42. The van der Waals surface area contributed by atoms with Crippen LogP contribution in [0.2, 0.25) is 0 Å². The lowest BCUT2D eigenvalue weighted by Crippen LogP contribution is -2.45. The van der Waals surface area contributed by atoms with Crippen LogP contribution in [0.5, 0.6) is 5.75 Å². The molecular weight excluding hydrogens is 446 g/mol. The van der Waals surface area contributed by atoms with E-state index in [0.717, 1.165) is 12.8 Å². The Morgan fingerprint density at radius 3 is 2.58 bits per heavy atom. The zero-order valence-electron chi connectivity index (χ0n) is 18.7. The van der Waals surface area contributed by atoms with Crippen molar-refractivity contribution in [1.82, 2.24) is 10.2 Å². The monoisotopic (exact) mass is 475 g/mol. The maximum Gasteiger partial charge on any atom is 0.262 e. The second-order valence-electron chi connectivity index (χ2n) is 7.74. The molecule has 1 saturated heterocycles. The molecule has 0 radical (unpaired) electrons. The summed E-state index contributed by atoms with van der Waals surface area (Å²) in [4.78, 5) is 27.0. The van der Waals surface area contributed by atoms with Crippen molar-refractivity contribution in [1.29, 1.82) is 0 Å². The fraction of sp³-hybridized carbons (Fsp3) is 0.391. The van der Waals surface area contributed by atoms with Gasteiger partial charge in [-0.2, -0.15) is 0 Å². The van der Waals surface area contributed by atoms with Crippen LogP contribution in [0.15, 0.2) is 53.4 Å². The van der Waals surface area contributed by atoms with E-state index in [1.165, 1.54) is 19.2 Å². The van der Waals surface area contributed by atoms with E-state index in [2.05, 4.69) is 10.0 Å². The summed E-state index contributed by atoms with van der Waals surface area (Å²) in [5, 5.41) is 2.83. The van der Waals surface area contributed by atoms with Crippen molar-refractivity contribution in [2.45, 2.75) is 17.7 Å². The number of rotatable bonds is 9. The summed E-state index contributed by atoms with van der Waals surface area (Å²) in [6, 6.07) is 12.4. The molecule has 178 valence electrons. The highest BCUT2D eigenvalue weighted by molar-refractivity contribution is 7.92. The molecule has 0 aliphatic carbocycles. The number of benzene rings is 2. The van der Waals surface area contributed by atoms with Crippen molar-refractivity contribution in [2.75, 3.05) is 45.2 Å². The Hall–Kier alpha value is -3.11. The number of sulfonamides is 1. The van der Waals surface area contributed by atoms with E-state index in [1.807, 2.05) is 0 Å². The van der Waals surface area contributed by atoms with Crippen molar-refractivity contribution in [2.24, 2.45) is 5.92 Å². The lowest BCUT2D eigenvalue weighted by atomic mass is 9.96. The first-order chi connectivity index (χ1) is 15.8. The van der Waals surface area contributed by atoms with Crippen LogP contribution in [-0.2, 0) is 19.6 Å². The quantitative estimate of drug-likeness (QED) is 0.537. The van der Waals surface area contributed by atoms with Crippen molar-refractivity contribution >= 4 is 27.5 Å². The standard InChI is InChI=1S/C23H29N3O6S/c1-31-14-12-24-22(27)18-5-4-13-26(16-18)23(28)17-8-10-19(11-9-17)25-33(29,30)21-7-3-6-20(15-21)32-2/h3,6-11,15,18,25H,4-5,12-14,16H2,1-2H3,(H,24,27). The summed E-state index contributed by atoms with van der Waals surface area (Å²) < 4.78 is 37.8. The smallest absolute Gasteiger partial charge is 0.262 e. The first kappa shape index (κ1) is 24.5. The van der Waals surface area contributed by atoms with Crippen LogP contribution in [0.1, 0.15) is 23.2 Å². The van der Waals surface area contributed by atoms with Crippen LogP contribution >= 0.6 is 0 Å². The zero-order chi connectivity index (χ0) is 23.8. The van der Waals surface area contributed by atoms with Crippen LogP contribution < -0.4 is 14.8 Å². The molecule has 2 amide bonds. The highest BCUT2D eigenvalue weighted by Gasteiger charge is 2.28. The van der Waals surface area contributed by atoms with Gasteiger partial charge in [0.15, 0.2) is 0 Å². The molecule has 0 spiro atoms. The minimum Gasteiger partial charge on any atom is -0.497 e. The molecule has 1 aliphatic rings. The average Bonchev–Trinajstić information content (AvgIpc) is 2.84. The number of methoxy groups -OCH3 is 2. The minimum absolute atomic E-state index is 0.0742. The lowest BCUT2D eigenvalue weighted by molar-refractivity contribution is -0.126. The molecule has 9 nitrogen and oxygen atoms in total. The zero-order valence-corrected chi connectivity index (χ0v) is 19.6. The van der Waals surface area contributed by atoms with E-state index in [9.17, 15) is 18.0 Å². The molecule has 1 fully saturated rings. The van der Waals surface area contributed by atoms with Gasteiger partial charge in [0.25, 0.3) is 15.9 Å². The molecule has 2 N–H and O–H groups in total. The van der Waals surface area contributed by atoms with Crippen molar-refractivity contribution in [3.05, 3.63) is 54.1 Å². The molecule has 1 atom stereocenters. The number of carbonyl (C=O) groups excluding carboxylic acids is 2. The molecule has 0 aromatic heterocycles. The maximum absolute atomic E-state index is 12.9. The number of piperidine rings is 1. The number of carbonyl (C=O) groups is 2. The Labute approximate surface area is 194 Å². The third-order valence-electron chi connectivity index (χ3n) is 5.42. The van der Waals surface area contributed by atoms with E-state index >= 15 is 0 Å². The highest BCUT2D eigenvalue weighted by atomic mass is 32.2. The molecule has 0 bridgehead atoms. The van der Waals surface area contributed by atoms with Crippen molar-refractivity contribution < 1.29 is 27.5 Å². The summed E-state index contributed by atoms with van der Waals surface area (Å²) in [6.45, 7) is 1.80. The Balaban J connectivity index is 1.63. The largest absolute Gasteiger partial charge is 0.497 e. The van der Waals surface area contributed by atoms with Gasteiger partial charge in [-0.1, -0.05) is 6.07 Å². The van der Waals surface area contributed by atoms with E-state index in [4.69, 9.17) is 9.47 Å². The molecule has 2 aromatic rings. The Kier molecular flexibility index (Phi) is 8.29. The third-order valence-corrected chi connectivity index (χ3v) is 6.80. The first-order valence-corrected chi connectivity index (χ1v) is 12.1. The first-order valence-electron chi connectivity index (χ1n) is 10.7. The minimum atomic E-state index is -3.80. The van der Waals surface area contributed by atoms with Gasteiger partial charge >= 0.3 is 0 Å². The fourth-order valence-electron chi connectivity index (χ4n) is 3.64. The van der Waals surface area contributed by atoms with Gasteiger partial charge in [-0.15, -0.1) is 0 Å². The SMILES string of the molecule is COCCNC(=O)C1CCCN(C(=O)c2ccc(NS(=O)(=O)c3cccc(OC)c3)cc2)C1. The van der Waals surface area contributed by atoms with Crippen LogP contribution in [0.25, 0.3) is 0 Å². The lowest BCUT2D eigenvalue weighted by Gasteiger charge is -2.32. The second kappa shape index (κ2) is 11.2. The van der Waals surface area contributed by atoms with Crippen molar-refractivity contribution in [3.8, 4) is 5.75 Å². The number of hydrogen-bond acceptors (Lipinski definition) is 6. The van der Waals surface area contributed by atoms with Gasteiger partial charge < -0.3 is 19.7 Å². The molecule has 1 aliphatic heterocycles. The predicted molar refractivity (Wildman–Crippen MR) is 124 cm³/mol. The van der Waals surface area contributed by atoms with Gasteiger partial charge in [-0.05, 0) is 49.2 Å². The number of likely N-dealkylation sites (tertiary alicyclic amines) is 1. The molecular formula is C23H29N3O6S. The summed E-state index contributed by atoms with van der Waals surface area (Å²) in [6.07, 6.45) is 1.47. The van der Waals surface area contributed by atoms with E-state index < -0.39 is 10.0 Å². The number of anilines is 1. The molecule has 10 heteroatoms. The highest BCUT2D eigenvalue weighted by Crippen LogP contribution is 2.22. The van der Waals surface area contributed by atoms with Gasteiger partial charge in [-0.25, -0.2) is 8.42 Å². The number of ether oxygens (including phenoxy) is 2. The number of hydrogen-bond donors (Lipinski definition) is 2. The van der Waals surface area contributed by atoms with Crippen molar-refractivity contribution in [3.63, 3.8) is 0 Å². The number of nitrogens with one attached hydrogen (secondary N) is 2. The molecule has 0 saturated carbocycles. The van der Waals surface area contributed by atoms with E-state index in [1.54, 1.807) is 48.4 Å². The van der Waals surface area contributed by atoms with Crippen LogP contribution in [0, 0.1) is 5.92 Å². The van der Waals surface area contributed by atoms with Crippen LogP contribution in [0.4, 0.5) is 5.69 Å². The third kappa shape index (κ3) is 6.45. The molecule has 2 aromatic carbocycles. The normalized spacial score (nSPS) is 16.2. The van der Waals surface area contributed by atoms with Crippen LogP contribution in [0.3, 0.4) is 0 Å². The van der Waals surface area contributed by atoms with Gasteiger partial charge in [0.05, 0.1) is 24.5 Å². The number of amides is 2. The summed E-state index contributed by atoms with van der Waals surface area (Å²) >= 11 is 0. The number of nitrogens with zero attached hydrogens (tertiary/aromatic N) is 1. The Morgan fingerprint density at radius 1 is 1.12 bits per heavy atom. The Bertz CT molecular complexity index is 1070. The average molecular weight is 476 g/mol. The van der Waals surface area contributed by atoms with Gasteiger partial charge in [-0.3, -0.25) is 14.3 Å². The fourth-order valence-corrected chi connectivity index (χ4v) is 4.74. The van der Waals surface area contributed by atoms with E-state index in [-0.39, 0.29) is 22.6 Å². The van der Waals surface area contributed by atoms with E-state index in [0.29, 0.717) is 43.2 Å². The molecule has 33 heavy (non-hydrogen) atoms. The predicted octanol–water partition coefficient (Wildman–Crippen LogP) is 2.11. The maximum atomic E-state index is 12.9. The van der Waals surface area contributed by atoms with Gasteiger partial charge in [0.2, 0.25) is 5.91 Å². The summed E-state index contributed by atoms with van der Waals surface area (Å²) in [5.74, 6) is -0.0852. The Morgan fingerprint density at radius 2 is 1.88 bits per heavy atom. The molecule has 3 rings (SSSR count).